The van der Waals surface area contributed by atoms with Crippen molar-refractivity contribution in [1.29, 1.82) is 0 Å². The molecule has 1 aliphatic carbocycles. The number of carbonyl (C=O) groups is 2. The number of hydrogen-bond donors (Lipinski definition) is 0. The highest BCUT2D eigenvalue weighted by atomic mass is 79.9. The Labute approximate surface area is 170 Å². The van der Waals surface area contributed by atoms with Crippen LogP contribution in [0, 0.1) is 11.7 Å². The van der Waals surface area contributed by atoms with E-state index in [2.05, 4.69) is 20.9 Å². The first-order chi connectivity index (χ1) is 13.5. The molecule has 0 bridgehead atoms. The van der Waals surface area contributed by atoms with E-state index in [1.165, 1.54) is 6.07 Å². The molecule has 0 N–H and O–H groups in total. The number of ether oxygens (including phenoxy) is 2. The Morgan fingerprint density at radius 3 is 2.64 bits per heavy atom. The Morgan fingerprint density at radius 2 is 1.89 bits per heavy atom. The molecule has 7 heteroatoms. The lowest BCUT2D eigenvalue weighted by atomic mass is 9.69. The summed E-state index contributed by atoms with van der Waals surface area (Å²) in [6, 6.07) is 4.69. The van der Waals surface area contributed by atoms with Gasteiger partial charge in [0.2, 0.25) is 0 Å². The monoisotopic (exact) mass is 447 g/mol. The lowest BCUT2D eigenvalue weighted by Gasteiger charge is -2.42. The molecular weight excluding hydrogens is 429 g/mol. The van der Waals surface area contributed by atoms with Crippen molar-refractivity contribution in [3.8, 4) is 0 Å². The van der Waals surface area contributed by atoms with Gasteiger partial charge in [-0.1, -0.05) is 6.07 Å². The van der Waals surface area contributed by atoms with Gasteiger partial charge in [0.15, 0.2) is 11.6 Å². The van der Waals surface area contributed by atoms with Crippen LogP contribution in [0.3, 0.4) is 0 Å². The second-order valence-corrected chi connectivity index (χ2v) is 8.73. The molecule has 2 fully saturated rings. The molecule has 5 nitrogen and oxygen atoms in total. The Morgan fingerprint density at radius 1 is 1.11 bits per heavy atom. The van der Waals surface area contributed by atoms with Crippen LogP contribution in [0.4, 0.5) is 4.39 Å². The highest BCUT2D eigenvalue weighted by molar-refractivity contribution is 9.10. The molecule has 4 aliphatic rings. The molecule has 1 spiro atoms. The number of fused-ring (bicyclic) bond motifs is 1. The summed E-state index contributed by atoms with van der Waals surface area (Å²) in [5.41, 5.74) is 1.71. The fourth-order valence-corrected chi connectivity index (χ4v) is 5.36. The van der Waals surface area contributed by atoms with E-state index in [-0.39, 0.29) is 37.2 Å². The third-order valence-corrected chi connectivity index (χ3v) is 6.90. The van der Waals surface area contributed by atoms with E-state index < -0.39 is 17.4 Å². The molecule has 3 heterocycles. The van der Waals surface area contributed by atoms with E-state index in [9.17, 15) is 14.0 Å². The summed E-state index contributed by atoms with van der Waals surface area (Å²) in [6.07, 6.45) is 3.29. The molecule has 1 aromatic rings. The maximum absolute atomic E-state index is 13.9. The molecule has 0 amide bonds. The molecule has 0 radical (unpaired) electrons. The van der Waals surface area contributed by atoms with Crippen molar-refractivity contribution in [3.63, 3.8) is 0 Å². The zero-order chi connectivity index (χ0) is 19.5. The zero-order valence-electron chi connectivity index (χ0n) is 15.2. The minimum Gasteiger partial charge on any atom is -0.368 e. The van der Waals surface area contributed by atoms with Crippen LogP contribution in [-0.2, 0) is 19.1 Å². The summed E-state index contributed by atoms with van der Waals surface area (Å²) >= 11 is 3.24. The number of aliphatic imine (C=N–C) groups is 1. The van der Waals surface area contributed by atoms with Crippen molar-refractivity contribution in [2.75, 3.05) is 19.8 Å². The second kappa shape index (κ2) is 6.68. The van der Waals surface area contributed by atoms with Gasteiger partial charge in [-0.2, -0.15) is 0 Å². The maximum Gasteiger partial charge on any atom is 0.193 e. The van der Waals surface area contributed by atoms with Crippen LogP contribution >= 0.6 is 15.9 Å². The van der Waals surface area contributed by atoms with E-state index in [1.807, 2.05) is 0 Å². The van der Waals surface area contributed by atoms with Crippen molar-refractivity contribution in [1.82, 2.24) is 0 Å². The van der Waals surface area contributed by atoms with Crippen LogP contribution in [0.15, 0.2) is 38.9 Å². The van der Waals surface area contributed by atoms with Gasteiger partial charge in [0, 0.05) is 11.5 Å². The molecule has 28 heavy (non-hydrogen) atoms. The first-order valence-corrected chi connectivity index (χ1v) is 10.3. The predicted octanol–water partition coefficient (Wildman–Crippen LogP) is 3.51. The molecule has 0 aromatic heterocycles. The van der Waals surface area contributed by atoms with Crippen LogP contribution in [0.2, 0.25) is 0 Å². The fraction of sp³-hybridized carbons (Fsp3) is 0.476. The molecule has 1 saturated heterocycles. The van der Waals surface area contributed by atoms with Gasteiger partial charge in [-0.05, 0) is 59.3 Å². The number of hydrogen-bond acceptors (Lipinski definition) is 5. The Hall–Kier alpha value is -1.70. The molecule has 3 aliphatic heterocycles. The number of ketones is 2. The quantitative estimate of drug-likeness (QED) is 0.660. The molecule has 1 aromatic carbocycles. The lowest BCUT2D eigenvalue weighted by Crippen LogP contribution is -2.50. The maximum atomic E-state index is 13.9. The van der Waals surface area contributed by atoms with Crippen LogP contribution in [-0.4, -0.2) is 42.7 Å². The van der Waals surface area contributed by atoms with Crippen LogP contribution in [0.1, 0.15) is 37.2 Å². The van der Waals surface area contributed by atoms with Gasteiger partial charge in [0.05, 0.1) is 35.0 Å². The smallest absolute Gasteiger partial charge is 0.193 e. The SMILES string of the molecule is O=C1COCC2=NC3=C(C(=O)C4(CCCC4)OC3)C(c3ccc(F)c(Br)c3)C12. The number of nitrogens with zero attached hydrogens (tertiary/aromatic N) is 1. The standard InChI is InChI=1S/C21H19BrFNO4/c22-12-7-11(3-4-13(12)23)17-18-14(8-27-10-16(18)25)24-15-9-28-21(5-1-2-6-21)20(26)19(15)17/h3-4,7,17-18H,1-2,5-6,8-10H2. The minimum atomic E-state index is -0.796. The summed E-state index contributed by atoms with van der Waals surface area (Å²) in [6.45, 7) is 0.511. The van der Waals surface area contributed by atoms with Gasteiger partial charge >= 0.3 is 0 Å². The van der Waals surface area contributed by atoms with Gasteiger partial charge in [0.25, 0.3) is 0 Å². The van der Waals surface area contributed by atoms with Gasteiger partial charge < -0.3 is 9.47 Å². The van der Waals surface area contributed by atoms with E-state index in [0.717, 1.165) is 18.4 Å². The van der Waals surface area contributed by atoms with Crippen LogP contribution in [0.25, 0.3) is 0 Å². The van der Waals surface area contributed by atoms with Crippen molar-refractivity contribution < 1.29 is 23.5 Å². The Bertz CT molecular complexity index is 948. The summed E-state index contributed by atoms with van der Waals surface area (Å²) in [5, 5.41) is 0. The topological polar surface area (TPSA) is 65.0 Å². The first-order valence-electron chi connectivity index (χ1n) is 9.55. The Kier molecular flexibility index (Phi) is 4.37. The van der Waals surface area contributed by atoms with E-state index in [0.29, 0.717) is 34.3 Å². The largest absolute Gasteiger partial charge is 0.368 e. The van der Waals surface area contributed by atoms with Gasteiger partial charge in [0.1, 0.15) is 18.0 Å². The molecule has 2 unspecified atom stereocenters. The summed E-state index contributed by atoms with van der Waals surface area (Å²) in [5.74, 6) is -1.57. The number of carbonyl (C=O) groups excluding carboxylic acids is 2. The highest BCUT2D eigenvalue weighted by Gasteiger charge is 2.53. The Balaban J connectivity index is 1.69. The summed E-state index contributed by atoms with van der Waals surface area (Å²) in [7, 11) is 0. The average Bonchev–Trinajstić information content (AvgIpc) is 3.16. The predicted molar refractivity (Wildman–Crippen MR) is 103 cm³/mol. The van der Waals surface area contributed by atoms with E-state index >= 15 is 0 Å². The normalized spacial score (nSPS) is 29.0. The number of halogens is 2. The van der Waals surface area contributed by atoms with E-state index in [4.69, 9.17) is 9.47 Å². The number of Topliss-reactive ketones (excluding diaryl/α,β-unsaturated/α-hetero) is 2. The van der Waals surface area contributed by atoms with Gasteiger partial charge in [-0.3, -0.25) is 14.6 Å². The van der Waals surface area contributed by atoms with Crippen molar-refractivity contribution in [2.45, 2.75) is 37.2 Å². The number of benzene rings is 1. The summed E-state index contributed by atoms with van der Waals surface area (Å²) in [4.78, 5) is 31.0. The van der Waals surface area contributed by atoms with Crippen LogP contribution in [0.5, 0.6) is 0 Å². The number of rotatable bonds is 1. The van der Waals surface area contributed by atoms with Crippen LogP contribution < -0.4 is 0 Å². The average molecular weight is 448 g/mol. The third kappa shape index (κ3) is 2.67. The molecular formula is C21H19BrFNO4. The van der Waals surface area contributed by atoms with Gasteiger partial charge in [-0.15, -0.1) is 0 Å². The molecule has 146 valence electrons. The minimum absolute atomic E-state index is 0.000990. The fourth-order valence-electron chi connectivity index (χ4n) is 4.96. The molecule has 1 saturated carbocycles. The zero-order valence-corrected chi connectivity index (χ0v) is 16.8. The van der Waals surface area contributed by atoms with Crippen molar-refractivity contribution in [3.05, 3.63) is 45.3 Å². The van der Waals surface area contributed by atoms with Crippen molar-refractivity contribution in [2.24, 2.45) is 10.9 Å². The first kappa shape index (κ1) is 18.3. The lowest BCUT2D eigenvalue weighted by molar-refractivity contribution is -0.142. The van der Waals surface area contributed by atoms with Crippen molar-refractivity contribution >= 4 is 33.2 Å². The summed E-state index contributed by atoms with van der Waals surface area (Å²) < 4.78 is 25.6. The second-order valence-electron chi connectivity index (χ2n) is 7.87. The molecule has 2 atom stereocenters. The molecule has 5 rings (SSSR count). The highest BCUT2D eigenvalue weighted by Crippen LogP contribution is 2.48. The third-order valence-electron chi connectivity index (χ3n) is 6.29. The van der Waals surface area contributed by atoms with E-state index in [1.54, 1.807) is 12.1 Å². The van der Waals surface area contributed by atoms with Gasteiger partial charge in [-0.25, -0.2) is 4.39 Å².